The molecule has 0 aliphatic rings. The molecule has 0 N–H and O–H groups in total. The highest BCUT2D eigenvalue weighted by Crippen LogP contribution is 2.34. The fourth-order valence-electron chi connectivity index (χ4n) is 1.45. The minimum absolute atomic E-state index is 0.183. The van der Waals surface area contributed by atoms with Crippen LogP contribution in [0.5, 0.6) is 0 Å². The molecule has 17 heavy (non-hydrogen) atoms. The lowest BCUT2D eigenvalue weighted by molar-refractivity contribution is 1.22. The van der Waals surface area contributed by atoms with Crippen molar-refractivity contribution in [3.8, 4) is 6.07 Å². The summed E-state index contributed by atoms with van der Waals surface area (Å²) in [6.45, 7) is 0. The molecule has 1 nitrogen and oxygen atoms in total. The van der Waals surface area contributed by atoms with Crippen LogP contribution in [-0.4, -0.2) is 0 Å². The van der Waals surface area contributed by atoms with Crippen LogP contribution in [0.2, 0.25) is 5.02 Å². The Labute approximate surface area is 110 Å². The molecule has 84 valence electrons. The molecule has 0 fully saturated rings. The van der Waals surface area contributed by atoms with Crippen molar-refractivity contribution in [3.63, 3.8) is 0 Å². The van der Waals surface area contributed by atoms with E-state index in [0.29, 0.717) is 5.02 Å². The van der Waals surface area contributed by atoms with Crippen molar-refractivity contribution in [2.24, 2.45) is 0 Å². The number of nitrogens with zero attached hydrogens (tertiary/aromatic N) is 1. The molecule has 0 aliphatic heterocycles. The van der Waals surface area contributed by atoms with Crippen molar-refractivity contribution in [1.82, 2.24) is 0 Å². The summed E-state index contributed by atoms with van der Waals surface area (Å²) in [6, 6.07) is 19.6. The Balaban J connectivity index is 2.17. The minimum atomic E-state index is -0.183. The first-order valence-electron chi connectivity index (χ1n) is 5.16. The van der Waals surface area contributed by atoms with Crippen LogP contribution in [0.4, 0.5) is 0 Å². The van der Waals surface area contributed by atoms with Crippen molar-refractivity contribution < 1.29 is 0 Å². The first-order valence-corrected chi connectivity index (χ1v) is 6.42. The van der Waals surface area contributed by atoms with E-state index in [2.05, 4.69) is 6.07 Å². The lowest BCUT2D eigenvalue weighted by atomic mass is 10.2. The van der Waals surface area contributed by atoms with Gasteiger partial charge in [0, 0.05) is 9.92 Å². The van der Waals surface area contributed by atoms with Gasteiger partial charge in [0.25, 0.3) is 0 Å². The van der Waals surface area contributed by atoms with Gasteiger partial charge in [-0.3, -0.25) is 0 Å². The Morgan fingerprint density at radius 3 is 2.24 bits per heavy atom. The van der Waals surface area contributed by atoms with Crippen LogP contribution in [-0.2, 0) is 0 Å². The van der Waals surface area contributed by atoms with Crippen LogP contribution in [0.3, 0.4) is 0 Å². The Bertz CT molecular complexity index is 516. The molecule has 0 aromatic heterocycles. The lowest BCUT2D eigenvalue weighted by Gasteiger charge is -2.08. The average molecular weight is 260 g/mol. The number of thioether (sulfide) groups is 1. The van der Waals surface area contributed by atoms with E-state index >= 15 is 0 Å². The predicted octanol–water partition coefficient (Wildman–Crippen LogP) is 4.70. The van der Waals surface area contributed by atoms with E-state index in [0.717, 1.165) is 10.5 Å². The molecule has 0 spiro atoms. The molecule has 2 aromatic carbocycles. The fraction of sp³-hybridized carbons (Fsp3) is 0.0714. The van der Waals surface area contributed by atoms with E-state index in [4.69, 9.17) is 11.6 Å². The molecular formula is C14H10ClNS. The number of hydrogen-bond donors (Lipinski definition) is 0. The average Bonchev–Trinajstić information content (AvgIpc) is 2.39. The number of nitriles is 1. The Hall–Kier alpha value is -1.43. The van der Waals surface area contributed by atoms with Crippen LogP contribution in [0.25, 0.3) is 0 Å². The molecular weight excluding hydrogens is 250 g/mol. The van der Waals surface area contributed by atoms with Gasteiger partial charge in [0.2, 0.25) is 0 Å². The van der Waals surface area contributed by atoms with E-state index in [1.165, 1.54) is 11.8 Å². The highest BCUT2D eigenvalue weighted by atomic mass is 35.5. The first-order chi connectivity index (χ1) is 8.29. The molecule has 0 aliphatic carbocycles. The Morgan fingerprint density at radius 2 is 1.65 bits per heavy atom. The van der Waals surface area contributed by atoms with Gasteiger partial charge in [-0.2, -0.15) is 5.26 Å². The minimum Gasteiger partial charge on any atom is -0.197 e. The van der Waals surface area contributed by atoms with Gasteiger partial charge in [0.1, 0.15) is 5.25 Å². The molecule has 0 bridgehead atoms. The van der Waals surface area contributed by atoms with Crippen LogP contribution < -0.4 is 0 Å². The molecule has 1 unspecified atom stereocenters. The van der Waals surface area contributed by atoms with Gasteiger partial charge in [-0.05, 0) is 29.8 Å². The van der Waals surface area contributed by atoms with Crippen molar-refractivity contribution in [2.75, 3.05) is 0 Å². The topological polar surface area (TPSA) is 23.8 Å². The summed E-state index contributed by atoms with van der Waals surface area (Å²) in [6.07, 6.45) is 0. The zero-order chi connectivity index (χ0) is 12.1. The number of rotatable bonds is 3. The summed E-state index contributed by atoms with van der Waals surface area (Å²) in [5.74, 6) is 0. The van der Waals surface area contributed by atoms with Gasteiger partial charge >= 0.3 is 0 Å². The molecule has 1 atom stereocenters. The van der Waals surface area contributed by atoms with E-state index in [-0.39, 0.29) is 5.25 Å². The summed E-state index contributed by atoms with van der Waals surface area (Å²) in [5.41, 5.74) is 1.02. The summed E-state index contributed by atoms with van der Waals surface area (Å²) >= 11 is 7.36. The summed E-state index contributed by atoms with van der Waals surface area (Å²) in [5, 5.41) is 9.73. The number of halogens is 1. The zero-order valence-corrected chi connectivity index (χ0v) is 10.6. The standard InChI is InChI=1S/C14H10ClNS/c15-12-6-8-13(9-7-12)17-14(10-16)11-4-2-1-3-5-11/h1-9,14H. The molecule has 3 heteroatoms. The van der Waals surface area contributed by atoms with Crippen LogP contribution in [0, 0.1) is 11.3 Å². The molecule has 2 aromatic rings. The van der Waals surface area contributed by atoms with Crippen LogP contribution in [0.15, 0.2) is 59.5 Å². The quantitative estimate of drug-likeness (QED) is 0.746. The molecule has 0 radical (unpaired) electrons. The van der Waals surface area contributed by atoms with Gasteiger partial charge in [0.15, 0.2) is 0 Å². The molecule has 0 saturated carbocycles. The van der Waals surface area contributed by atoms with E-state index in [9.17, 15) is 5.26 Å². The fourth-order valence-corrected chi connectivity index (χ4v) is 2.48. The smallest absolute Gasteiger partial charge is 0.121 e. The van der Waals surface area contributed by atoms with Crippen molar-refractivity contribution in [2.45, 2.75) is 10.1 Å². The highest BCUT2D eigenvalue weighted by Gasteiger charge is 2.11. The zero-order valence-electron chi connectivity index (χ0n) is 9.01. The second-order valence-electron chi connectivity index (χ2n) is 3.49. The molecule has 0 heterocycles. The molecule has 0 saturated heterocycles. The summed E-state index contributed by atoms with van der Waals surface area (Å²) in [4.78, 5) is 1.05. The third-order valence-corrected chi connectivity index (χ3v) is 3.70. The highest BCUT2D eigenvalue weighted by molar-refractivity contribution is 7.99. The van der Waals surface area contributed by atoms with E-state index in [1.54, 1.807) is 0 Å². The number of benzene rings is 2. The van der Waals surface area contributed by atoms with E-state index in [1.807, 2.05) is 54.6 Å². The summed E-state index contributed by atoms with van der Waals surface area (Å²) < 4.78 is 0. The van der Waals surface area contributed by atoms with Crippen molar-refractivity contribution in [1.29, 1.82) is 5.26 Å². The Kier molecular flexibility index (Phi) is 4.08. The van der Waals surface area contributed by atoms with Crippen LogP contribution in [0.1, 0.15) is 10.8 Å². The Morgan fingerprint density at radius 1 is 1.00 bits per heavy atom. The largest absolute Gasteiger partial charge is 0.197 e. The summed E-state index contributed by atoms with van der Waals surface area (Å²) in [7, 11) is 0. The second-order valence-corrected chi connectivity index (χ2v) is 5.11. The second kappa shape index (κ2) is 5.77. The van der Waals surface area contributed by atoms with E-state index < -0.39 is 0 Å². The maximum atomic E-state index is 9.20. The third-order valence-electron chi connectivity index (χ3n) is 2.29. The molecule has 2 rings (SSSR count). The van der Waals surface area contributed by atoms with Gasteiger partial charge in [-0.25, -0.2) is 0 Å². The van der Waals surface area contributed by atoms with Gasteiger partial charge in [0.05, 0.1) is 6.07 Å². The number of hydrogen-bond acceptors (Lipinski definition) is 2. The van der Waals surface area contributed by atoms with Crippen LogP contribution >= 0.6 is 23.4 Å². The first kappa shape index (κ1) is 12.0. The van der Waals surface area contributed by atoms with Crippen molar-refractivity contribution >= 4 is 23.4 Å². The SMILES string of the molecule is N#CC(Sc1ccc(Cl)cc1)c1ccccc1. The third kappa shape index (κ3) is 3.26. The normalized spacial score (nSPS) is 11.8. The van der Waals surface area contributed by atoms with Crippen molar-refractivity contribution in [3.05, 3.63) is 65.2 Å². The van der Waals surface area contributed by atoms with Gasteiger partial charge in [-0.15, -0.1) is 11.8 Å². The van der Waals surface area contributed by atoms with Gasteiger partial charge < -0.3 is 0 Å². The lowest BCUT2D eigenvalue weighted by Crippen LogP contribution is -1.89. The maximum Gasteiger partial charge on any atom is 0.121 e. The maximum absolute atomic E-state index is 9.20. The molecule has 0 amide bonds. The predicted molar refractivity (Wildman–Crippen MR) is 72.1 cm³/mol. The van der Waals surface area contributed by atoms with Gasteiger partial charge in [-0.1, -0.05) is 41.9 Å². The monoisotopic (exact) mass is 259 g/mol.